The maximum absolute atomic E-state index is 12.1. The minimum absolute atomic E-state index is 0.0288. The lowest BCUT2D eigenvalue weighted by Crippen LogP contribution is -2.14. The molecule has 0 atom stereocenters. The lowest BCUT2D eigenvalue weighted by atomic mass is 10.2. The number of alkyl halides is 2. The van der Waals surface area contributed by atoms with Gasteiger partial charge in [0.25, 0.3) is 5.56 Å². The van der Waals surface area contributed by atoms with Gasteiger partial charge < -0.3 is 9.47 Å². The average molecular weight is 378 g/mol. The van der Waals surface area contributed by atoms with E-state index in [2.05, 4.69) is 9.72 Å². The number of rotatable bonds is 6. The van der Waals surface area contributed by atoms with Gasteiger partial charge in [-0.1, -0.05) is 12.1 Å². The van der Waals surface area contributed by atoms with Gasteiger partial charge in [-0.2, -0.15) is 8.78 Å². The Balaban J connectivity index is 1.57. The Labute approximate surface area is 149 Å². The predicted molar refractivity (Wildman–Crippen MR) is 91.2 cm³/mol. The Hall–Kier alpha value is -3.07. The van der Waals surface area contributed by atoms with Crippen molar-refractivity contribution in [3.05, 3.63) is 69.6 Å². The van der Waals surface area contributed by atoms with Crippen LogP contribution in [0.1, 0.15) is 11.3 Å². The van der Waals surface area contributed by atoms with Gasteiger partial charge in [-0.05, 0) is 23.8 Å². The largest absolute Gasteiger partial charge is 0.456 e. The zero-order chi connectivity index (χ0) is 18.5. The van der Waals surface area contributed by atoms with Gasteiger partial charge in [0.05, 0.1) is 5.69 Å². The molecule has 6 nitrogen and oxygen atoms in total. The molecule has 0 spiro atoms. The molecule has 0 amide bonds. The number of thiazole rings is 1. The van der Waals surface area contributed by atoms with Gasteiger partial charge in [0.1, 0.15) is 12.4 Å². The number of hydrogen-bond donors (Lipinski definition) is 0. The molecule has 134 valence electrons. The zero-order valence-corrected chi connectivity index (χ0v) is 14.0. The van der Waals surface area contributed by atoms with Crippen LogP contribution in [-0.4, -0.2) is 22.0 Å². The minimum atomic E-state index is -2.89. The number of hydrogen-bond acceptors (Lipinski definition) is 6. The van der Waals surface area contributed by atoms with Crippen LogP contribution in [0.2, 0.25) is 0 Å². The fraction of sp³-hybridized carbons (Fsp3) is 0.118. The molecule has 0 aliphatic heterocycles. The van der Waals surface area contributed by atoms with E-state index in [1.54, 1.807) is 11.6 Å². The van der Waals surface area contributed by atoms with Crippen molar-refractivity contribution in [2.75, 3.05) is 0 Å². The molecule has 2 heterocycles. The van der Waals surface area contributed by atoms with Crippen molar-refractivity contribution in [3.63, 3.8) is 0 Å². The van der Waals surface area contributed by atoms with Crippen molar-refractivity contribution in [3.8, 4) is 5.75 Å². The Kier molecular flexibility index (Phi) is 5.37. The van der Waals surface area contributed by atoms with E-state index in [0.29, 0.717) is 16.2 Å². The number of aromatic nitrogens is 2. The van der Waals surface area contributed by atoms with E-state index in [1.807, 2.05) is 0 Å². The number of benzene rings is 1. The monoisotopic (exact) mass is 378 g/mol. The lowest BCUT2D eigenvalue weighted by molar-refractivity contribution is -0.139. The summed E-state index contributed by atoms with van der Waals surface area (Å²) in [5.74, 6) is -0.591. The Bertz CT molecular complexity index is 996. The molecule has 0 fully saturated rings. The van der Waals surface area contributed by atoms with Crippen molar-refractivity contribution in [1.29, 1.82) is 0 Å². The molecule has 26 heavy (non-hydrogen) atoms. The number of carbonyl (C=O) groups excluding carboxylic acids is 1. The van der Waals surface area contributed by atoms with Crippen LogP contribution in [0.3, 0.4) is 0 Å². The molecule has 0 radical (unpaired) electrons. The normalized spacial score (nSPS) is 11.3. The molecule has 2 aromatic heterocycles. The van der Waals surface area contributed by atoms with Crippen LogP contribution < -0.4 is 10.3 Å². The summed E-state index contributed by atoms with van der Waals surface area (Å²) in [6, 6.07) is 7.08. The molecule has 0 unspecified atom stereocenters. The summed E-state index contributed by atoms with van der Waals surface area (Å²) in [6.07, 6.45) is 4.28. The van der Waals surface area contributed by atoms with Gasteiger partial charge in [-0.25, -0.2) is 9.78 Å². The minimum Gasteiger partial charge on any atom is -0.456 e. The molecule has 0 aliphatic carbocycles. The molecule has 0 saturated heterocycles. The lowest BCUT2D eigenvalue weighted by Gasteiger charge is -2.04. The summed E-state index contributed by atoms with van der Waals surface area (Å²) < 4.78 is 34.8. The molecule has 9 heteroatoms. The van der Waals surface area contributed by atoms with Gasteiger partial charge in [-0.15, -0.1) is 11.3 Å². The van der Waals surface area contributed by atoms with E-state index in [-0.39, 0.29) is 17.9 Å². The van der Waals surface area contributed by atoms with Gasteiger partial charge in [0.2, 0.25) is 0 Å². The van der Waals surface area contributed by atoms with Gasteiger partial charge in [0, 0.05) is 23.7 Å². The molecule has 3 rings (SSSR count). The Morgan fingerprint density at radius 1 is 1.31 bits per heavy atom. The molecule has 0 bridgehead atoms. The number of fused-ring (bicyclic) bond motifs is 1. The molecular weight excluding hydrogens is 366 g/mol. The first kappa shape index (κ1) is 17.7. The predicted octanol–water partition coefficient (Wildman–Crippen LogP) is 3.11. The smallest absolute Gasteiger partial charge is 0.387 e. The second kappa shape index (κ2) is 7.87. The molecule has 0 saturated carbocycles. The van der Waals surface area contributed by atoms with Crippen molar-refractivity contribution < 1.29 is 23.0 Å². The summed E-state index contributed by atoms with van der Waals surface area (Å²) >= 11 is 1.30. The van der Waals surface area contributed by atoms with Crippen LogP contribution in [0.4, 0.5) is 8.78 Å². The molecular formula is C17H12F2N2O4S. The summed E-state index contributed by atoms with van der Waals surface area (Å²) in [7, 11) is 0. The molecule has 3 aromatic rings. The van der Waals surface area contributed by atoms with Crippen molar-refractivity contribution >= 4 is 28.3 Å². The first-order valence-electron chi connectivity index (χ1n) is 7.37. The van der Waals surface area contributed by atoms with Crippen molar-refractivity contribution in [2.45, 2.75) is 13.2 Å². The van der Waals surface area contributed by atoms with E-state index in [0.717, 1.165) is 0 Å². The number of esters is 1. The maximum Gasteiger partial charge on any atom is 0.387 e. The van der Waals surface area contributed by atoms with Crippen molar-refractivity contribution in [1.82, 2.24) is 9.38 Å². The van der Waals surface area contributed by atoms with E-state index >= 15 is 0 Å². The van der Waals surface area contributed by atoms with Crippen LogP contribution in [0.25, 0.3) is 11.0 Å². The van der Waals surface area contributed by atoms with Crippen LogP contribution in [0, 0.1) is 0 Å². The summed E-state index contributed by atoms with van der Waals surface area (Å²) in [6.45, 7) is -3.02. The summed E-state index contributed by atoms with van der Waals surface area (Å²) in [4.78, 5) is 28.3. The molecule has 0 N–H and O–H groups in total. The average Bonchev–Trinajstić information content (AvgIpc) is 3.08. The summed E-state index contributed by atoms with van der Waals surface area (Å²) in [5.41, 5.74) is 0.719. The third-order valence-electron chi connectivity index (χ3n) is 3.24. The zero-order valence-electron chi connectivity index (χ0n) is 13.2. The van der Waals surface area contributed by atoms with Crippen molar-refractivity contribution in [2.24, 2.45) is 0 Å². The second-order valence-corrected chi connectivity index (χ2v) is 5.90. The number of ether oxygens (including phenoxy) is 2. The fourth-order valence-corrected chi connectivity index (χ4v) is 2.82. The summed E-state index contributed by atoms with van der Waals surface area (Å²) in [5, 5.41) is 1.74. The molecule has 1 aromatic carbocycles. The quantitative estimate of drug-likeness (QED) is 0.487. The Morgan fingerprint density at radius 3 is 2.81 bits per heavy atom. The number of carbonyl (C=O) groups is 1. The highest BCUT2D eigenvalue weighted by atomic mass is 32.1. The van der Waals surface area contributed by atoms with Gasteiger partial charge in [0.15, 0.2) is 4.96 Å². The van der Waals surface area contributed by atoms with E-state index in [9.17, 15) is 18.4 Å². The van der Waals surface area contributed by atoms with Gasteiger partial charge in [-0.3, -0.25) is 9.20 Å². The number of nitrogens with zero attached hydrogens (tertiary/aromatic N) is 2. The topological polar surface area (TPSA) is 69.9 Å². The van der Waals surface area contributed by atoms with E-state index in [4.69, 9.17) is 4.74 Å². The highest BCUT2D eigenvalue weighted by molar-refractivity contribution is 7.15. The maximum atomic E-state index is 12.1. The second-order valence-electron chi connectivity index (χ2n) is 5.03. The first-order chi connectivity index (χ1) is 12.5. The standard InChI is InChI=1S/C17H12F2N2O4S/c18-16(19)25-13-4-1-11(2-5-13)3-6-15(23)24-10-12-9-14(22)21-7-8-26-17(21)20-12/h1-9,16H,10H2/b6-3+. The third-order valence-corrected chi connectivity index (χ3v) is 3.99. The van der Waals surface area contributed by atoms with Crippen LogP contribution in [-0.2, 0) is 16.1 Å². The molecule has 0 aliphatic rings. The van der Waals surface area contributed by atoms with Crippen LogP contribution in [0.5, 0.6) is 5.75 Å². The Morgan fingerprint density at radius 2 is 2.08 bits per heavy atom. The van der Waals surface area contributed by atoms with Crippen LogP contribution >= 0.6 is 11.3 Å². The van der Waals surface area contributed by atoms with Gasteiger partial charge >= 0.3 is 12.6 Å². The first-order valence-corrected chi connectivity index (χ1v) is 8.25. The van der Waals surface area contributed by atoms with E-state index in [1.165, 1.54) is 58.2 Å². The third kappa shape index (κ3) is 4.51. The van der Waals surface area contributed by atoms with E-state index < -0.39 is 12.6 Å². The highest BCUT2D eigenvalue weighted by Crippen LogP contribution is 2.15. The number of halogens is 2. The fourth-order valence-electron chi connectivity index (χ4n) is 2.08. The highest BCUT2D eigenvalue weighted by Gasteiger charge is 2.06. The van der Waals surface area contributed by atoms with Crippen LogP contribution in [0.15, 0.2) is 52.8 Å². The SMILES string of the molecule is O=C(/C=C/c1ccc(OC(F)F)cc1)OCc1cc(=O)n2ccsc2n1.